The van der Waals surface area contributed by atoms with E-state index < -0.39 is 17.4 Å². The third-order valence-corrected chi connectivity index (χ3v) is 4.13. The predicted octanol–water partition coefficient (Wildman–Crippen LogP) is 4.22. The quantitative estimate of drug-likeness (QED) is 0.771. The summed E-state index contributed by atoms with van der Waals surface area (Å²) in [6.07, 6.45) is -3.56. The summed E-state index contributed by atoms with van der Waals surface area (Å²) >= 11 is 0. The van der Waals surface area contributed by atoms with Crippen molar-refractivity contribution in [3.8, 4) is 5.75 Å². The van der Waals surface area contributed by atoms with Gasteiger partial charge in [0.05, 0.1) is 12.2 Å². The smallest absolute Gasteiger partial charge is 0.419 e. The number of alkyl halides is 4. The summed E-state index contributed by atoms with van der Waals surface area (Å²) in [7, 11) is 1.93. The molecule has 1 aromatic rings. The van der Waals surface area contributed by atoms with Gasteiger partial charge in [0.1, 0.15) is 11.4 Å². The van der Waals surface area contributed by atoms with E-state index in [1.807, 2.05) is 11.9 Å². The summed E-state index contributed by atoms with van der Waals surface area (Å²) in [5.74, 6) is -0.218. The van der Waals surface area contributed by atoms with Crippen molar-refractivity contribution in [2.75, 3.05) is 26.7 Å². The highest BCUT2D eigenvalue weighted by atomic mass is 19.4. The van der Waals surface area contributed by atoms with Gasteiger partial charge in [-0.05, 0) is 44.5 Å². The second kappa shape index (κ2) is 6.44. The molecule has 0 N–H and O–H groups in total. The molecule has 0 saturated carbocycles. The fourth-order valence-electron chi connectivity index (χ4n) is 2.60. The monoisotopic (exact) mass is 319 g/mol. The molecular weight excluding hydrogens is 298 g/mol. The number of halogens is 4. The van der Waals surface area contributed by atoms with Crippen LogP contribution < -0.4 is 4.74 Å². The lowest BCUT2D eigenvalue weighted by atomic mass is 9.91. The maximum atomic E-state index is 14.5. The molecule has 1 saturated heterocycles. The fraction of sp³-hybridized carbons (Fsp3) is 0.625. The van der Waals surface area contributed by atoms with E-state index in [4.69, 9.17) is 4.74 Å². The molecule has 1 aliphatic rings. The molecule has 1 fully saturated rings. The van der Waals surface area contributed by atoms with E-state index in [1.165, 1.54) is 12.1 Å². The molecule has 0 spiro atoms. The van der Waals surface area contributed by atoms with Gasteiger partial charge in [-0.15, -0.1) is 0 Å². The van der Waals surface area contributed by atoms with E-state index in [1.54, 1.807) is 6.92 Å². The van der Waals surface area contributed by atoms with Crippen LogP contribution >= 0.6 is 0 Å². The van der Waals surface area contributed by atoms with Crippen LogP contribution in [0.5, 0.6) is 5.75 Å². The molecular formula is C16H21F4NO. The molecule has 22 heavy (non-hydrogen) atoms. The minimum absolute atomic E-state index is 0.0489. The number of ether oxygens (including phenoxy) is 1. The van der Waals surface area contributed by atoms with Crippen molar-refractivity contribution in [1.82, 2.24) is 4.90 Å². The van der Waals surface area contributed by atoms with Gasteiger partial charge in [0.2, 0.25) is 0 Å². The Morgan fingerprint density at radius 3 is 2.45 bits per heavy atom. The van der Waals surface area contributed by atoms with Crippen LogP contribution in [0.3, 0.4) is 0 Å². The average Bonchev–Trinajstić information content (AvgIpc) is 2.41. The molecule has 0 aromatic heterocycles. The Hall–Kier alpha value is -1.30. The van der Waals surface area contributed by atoms with Gasteiger partial charge in [0.15, 0.2) is 0 Å². The van der Waals surface area contributed by atoms with Gasteiger partial charge in [0.25, 0.3) is 0 Å². The maximum absolute atomic E-state index is 14.5. The van der Waals surface area contributed by atoms with Crippen molar-refractivity contribution >= 4 is 0 Å². The molecule has 0 radical (unpaired) electrons. The van der Waals surface area contributed by atoms with Crippen molar-refractivity contribution in [3.05, 3.63) is 29.3 Å². The molecule has 0 amide bonds. The lowest BCUT2D eigenvalue weighted by Crippen LogP contribution is -2.40. The lowest BCUT2D eigenvalue weighted by Gasteiger charge is -2.34. The standard InChI is InChI=1S/C16H21F4NO/c1-12-3-4-13(16(18,19)20)14(11-12)22-10-7-15(17)5-8-21(2)9-6-15/h3-4,11H,5-10H2,1-2H3. The molecule has 1 aromatic carbocycles. The Balaban J connectivity index is 1.98. The molecule has 1 aliphatic heterocycles. The number of hydrogen-bond acceptors (Lipinski definition) is 2. The number of likely N-dealkylation sites (tertiary alicyclic amines) is 1. The van der Waals surface area contributed by atoms with Crippen LogP contribution in [0.4, 0.5) is 17.6 Å². The molecule has 124 valence electrons. The second-order valence-corrected chi connectivity index (χ2v) is 6.05. The summed E-state index contributed by atoms with van der Waals surface area (Å²) < 4.78 is 58.6. The highest BCUT2D eigenvalue weighted by Gasteiger charge is 2.36. The largest absolute Gasteiger partial charge is 0.493 e. The molecule has 0 bridgehead atoms. The van der Waals surface area contributed by atoms with E-state index in [0.717, 1.165) is 6.07 Å². The summed E-state index contributed by atoms with van der Waals surface area (Å²) in [5, 5.41) is 0. The van der Waals surface area contributed by atoms with E-state index >= 15 is 0 Å². The van der Waals surface area contributed by atoms with Gasteiger partial charge >= 0.3 is 6.18 Å². The van der Waals surface area contributed by atoms with Crippen LogP contribution in [0.1, 0.15) is 30.4 Å². The molecule has 6 heteroatoms. The van der Waals surface area contributed by atoms with Gasteiger partial charge < -0.3 is 9.64 Å². The van der Waals surface area contributed by atoms with E-state index in [9.17, 15) is 17.6 Å². The summed E-state index contributed by atoms with van der Waals surface area (Å²) in [4.78, 5) is 2.04. The molecule has 0 atom stereocenters. The molecule has 2 rings (SSSR count). The normalized spacial score (nSPS) is 19.2. The van der Waals surface area contributed by atoms with E-state index in [2.05, 4.69) is 0 Å². The maximum Gasteiger partial charge on any atom is 0.419 e. The third kappa shape index (κ3) is 4.35. The number of piperidine rings is 1. The van der Waals surface area contributed by atoms with Crippen LogP contribution in [0.2, 0.25) is 0 Å². The van der Waals surface area contributed by atoms with Crippen LogP contribution in [-0.2, 0) is 6.18 Å². The Bertz CT molecular complexity index is 507. The van der Waals surface area contributed by atoms with Gasteiger partial charge in [0, 0.05) is 19.5 Å². The van der Waals surface area contributed by atoms with Crippen LogP contribution in [-0.4, -0.2) is 37.3 Å². The Kier molecular flexibility index (Phi) is 5.00. The van der Waals surface area contributed by atoms with Crippen LogP contribution in [0, 0.1) is 6.92 Å². The third-order valence-electron chi connectivity index (χ3n) is 4.13. The van der Waals surface area contributed by atoms with Crippen molar-refractivity contribution in [3.63, 3.8) is 0 Å². The first kappa shape index (κ1) is 17.1. The summed E-state index contributed by atoms with van der Waals surface area (Å²) in [6.45, 7) is 2.97. The molecule has 0 unspecified atom stereocenters. The van der Waals surface area contributed by atoms with Crippen LogP contribution in [0.15, 0.2) is 18.2 Å². The minimum Gasteiger partial charge on any atom is -0.493 e. The van der Waals surface area contributed by atoms with Gasteiger partial charge in [-0.1, -0.05) is 6.07 Å². The van der Waals surface area contributed by atoms with Crippen LogP contribution in [0.25, 0.3) is 0 Å². The van der Waals surface area contributed by atoms with E-state index in [0.29, 0.717) is 31.5 Å². The topological polar surface area (TPSA) is 12.5 Å². The van der Waals surface area contributed by atoms with Crippen molar-refractivity contribution in [2.24, 2.45) is 0 Å². The van der Waals surface area contributed by atoms with Crippen molar-refractivity contribution < 1.29 is 22.3 Å². The minimum atomic E-state index is -4.47. The molecule has 2 nitrogen and oxygen atoms in total. The summed E-state index contributed by atoms with van der Waals surface area (Å²) in [5.41, 5.74) is -1.47. The number of aryl methyl sites for hydroxylation is 1. The molecule has 1 heterocycles. The Labute approximate surface area is 128 Å². The number of rotatable bonds is 4. The second-order valence-electron chi connectivity index (χ2n) is 6.05. The summed E-state index contributed by atoms with van der Waals surface area (Å²) in [6, 6.07) is 3.75. The molecule has 0 aliphatic carbocycles. The van der Waals surface area contributed by atoms with Crippen molar-refractivity contribution in [2.45, 2.75) is 38.0 Å². The van der Waals surface area contributed by atoms with E-state index in [-0.39, 0.29) is 18.8 Å². The predicted molar refractivity (Wildman–Crippen MR) is 76.9 cm³/mol. The first-order chi connectivity index (χ1) is 10.2. The van der Waals surface area contributed by atoms with Gasteiger partial charge in [-0.25, -0.2) is 4.39 Å². The van der Waals surface area contributed by atoms with Crippen molar-refractivity contribution in [1.29, 1.82) is 0 Å². The zero-order chi connectivity index (χ0) is 16.4. The first-order valence-corrected chi connectivity index (χ1v) is 7.38. The first-order valence-electron chi connectivity index (χ1n) is 7.38. The number of benzene rings is 1. The lowest BCUT2D eigenvalue weighted by molar-refractivity contribution is -0.139. The average molecular weight is 319 g/mol. The zero-order valence-corrected chi connectivity index (χ0v) is 12.8. The Morgan fingerprint density at radius 1 is 1.23 bits per heavy atom. The SMILES string of the molecule is Cc1ccc(C(F)(F)F)c(OCCC2(F)CCN(C)CC2)c1. The number of hydrogen-bond donors (Lipinski definition) is 0. The Morgan fingerprint density at radius 2 is 1.86 bits per heavy atom. The highest BCUT2D eigenvalue weighted by Crippen LogP contribution is 2.37. The van der Waals surface area contributed by atoms with Gasteiger partial charge in [-0.2, -0.15) is 13.2 Å². The van der Waals surface area contributed by atoms with Gasteiger partial charge in [-0.3, -0.25) is 0 Å². The number of nitrogens with zero attached hydrogens (tertiary/aromatic N) is 1. The fourth-order valence-corrected chi connectivity index (χ4v) is 2.60. The zero-order valence-electron chi connectivity index (χ0n) is 12.8. The highest BCUT2D eigenvalue weighted by molar-refractivity contribution is 5.39.